The first-order valence-corrected chi connectivity index (χ1v) is 9.49. The van der Waals surface area contributed by atoms with Gasteiger partial charge in [0.2, 0.25) is 5.89 Å². The van der Waals surface area contributed by atoms with Gasteiger partial charge in [-0.2, -0.15) is 10.1 Å². The molecule has 1 unspecified atom stereocenters. The van der Waals surface area contributed by atoms with Crippen molar-refractivity contribution in [2.24, 2.45) is 5.92 Å². The van der Waals surface area contributed by atoms with Gasteiger partial charge in [-0.3, -0.25) is 14.5 Å². The molecule has 8 nitrogen and oxygen atoms in total. The summed E-state index contributed by atoms with van der Waals surface area (Å²) in [7, 11) is 2.05. The van der Waals surface area contributed by atoms with Gasteiger partial charge in [0, 0.05) is 39.3 Å². The largest absolute Gasteiger partial charge is 0.381 e. The molecule has 0 radical (unpaired) electrons. The Bertz CT molecular complexity index is 721. The standard InChI is InChI=1S/C18H28N6O2/c1-14-19-18(26-21-14)12-22(2)10-16-8-17-11-23(5-3-6-24(17)20-16)9-15-4-7-25-13-15/h8,15H,3-7,9-13H2,1-2H3. The summed E-state index contributed by atoms with van der Waals surface area (Å²) in [4.78, 5) is 8.99. The van der Waals surface area contributed by atoms with Crippen molar-refractivity contribution in [2.45, 2.75) is 45.9 Å². The Balaban J connectivity index is 1.36. The molecule has 142 valence electrons. The normalized spacial score (nSPS) is 21.3. The Kier molecular flexibility index (Phi) is 5.33. The summed E-state index contributed by atoms with van der Waals surface area (Å²) in [6.07, 6.45) is 2.35. The molecule has 0 aliphatic carbocycles. The molecule has 0 bridgehead atoms. The molecule has 2 aromatic rings. The second kappa shape index (κ2) is 7.85. The average molecular weight is 360 g/mol. The number of aryl methyl sites for hydroxylation is 2. The quantitative estimate of drug-likeness (QED) is 0.772. The maximum atomic E-state index is 5.53. The molecule has 1 saturated heterocycles. The molecule has 0 spiro atoms. The summed E-state index contributed by atoms with van der Waals surface area (Å²) in [6.45, 7) is 9.35. The number of nitrogens with zero attached hydrogens (tertiary/aromatic N) is 6. The minimum atomic E-state index is 0.636. The second-order valence-electron chi connectivity index (χ2n) is 7.58. The van der Waals surface area contributed by atoms with Crippen LogP contribution in [0.1, 0.15) is 35.9 Å². The van der Waals surface area contributed by atoms with E-state index in [9.17, 15) is 0 Å². The highest BCUT2D eigenvalue weighted by Crippen LogP contribution is 2.19. The summed E-state index contributed by atoms with van der Waals surface area (Å²) in [6, 6.07) is 2.25. The predicted molar refractivity (Wildman–Crippen MR) is 95.3 cm³/mol. The molecule has 1 fully saturated rings. The van der Waals surface area contributed by atoms with Crippen molar-refractivity contribution in [1.29, 1.82) is 0 Å². The zero-order valence-corrected chi connectivity index (χ0v) is 15.7. The molecule has 0 aromatic carbocycles. The fraction of sp³-hybridized carbons (Fsp3) is 0.722. The van der Waals surface area contributed by atoms with Gasteiger partial charge in [0.1, 0.15) is 0 Å². The van der Waals surface area contributed by atoms with Gasteiger partial charge in [0.05, 0.1) is 24.5 Å². The molecule has 0 saturated carbocycles. The molecule has 2 aliphatic heterocycles. The molecule has 8 heteroatoms. The predicted octanol–water partition coefficient (Wildman–Crippen LogP) is 1.45. The van der Waals surface area contributed by atoms with E-state index in [0.29, 0.717) is 24.2 Å². The molecule has 2 aliphatic rings. The van der Waals surface area contributed by atoms with Crippen molar-refractivity contribution in [1.82, 2.24) is 29.7 Å². The average Bonchev–Trinajstić information content (AvgIpc) is 3.29. The van der Waals surface area contributed by atoms with Crippen LogP contribution >= 0.6 is 0 Å². The lowest BCUT2D eigenvalue weighted by molar-refractivity contribution is 0.165. The van der Waals surface area contributed by atoms with Crippen LogP contribution in [0, 0.1) is 12.8 Å². The lowest BCUT2D eigenvalue weighted by Crippen LogP contribution is -2.29. The summed E-state index contributed by atoms with van der Waals surface area (Å²) in [5.41, 5.74) is 2.42. The molecule has 4 rings (SSSR count). The third-order valence-corrected chi connectivity index (χ3v) is 5.09. The molecule has 0 N–H and O–H groups in total. The minimum absolute atomic E-state index is 0.636. The highest BCUT2D eigenvalue weighted by Gasteiger charge is 2.22. The maximum absolute atomic E-state index is 5.53. The van der Waals surface area contributed by atoms with Gasteiger partial charge in [-0.15, -0.1) is 0 Å². The topological polar surface area (TPSA) is 72.5 Å². The highest BCUT2D eigenvalue weighted by atomic mass is 16.5. The van der Waals surface area contributed by atoms with Crippen LogP contribution in [0.15, 0.2) is 10.6 Å². The number of hydrogen-bond acceptors (Lipinski definition) is 7. The molecule has 0 amide bonds. The third-order valence-electron chi connectivity index (χ3n) is 5.09. The van der Waals surface area contributed by atoms with Crippen molar-refractivity contribution >= 4 is 0 Å². The van der Waals surface area contributed by atoms with E-state index in [2.05, 4.69) is 37.7 Å². The monoisotopic (exact) mass is 360 g/mol. The molecule has 4 heterocycles. The van der Waals surface area contributed by atoms with Crippen LogP contribution in [0.4, 0.5) is 0 Å². The zero-order chi connectivity index (χ0) is 17.9. The number of aromatic nitrogens is 4. The van der Waals surface area contributed by atoms with E-state index < -0.39 is 0 Å². The van der Waals surface area contributed by atoms with E-state index in [1.165, 1.54) is 12.1 Å². The van der Waals surface area contributed by atoms with E-state index in [0.717, 1.165) is 58.1 Å². The fourth-order valence-electron chi connectivity index (χ4n) is 3.88. The van der Waals surface area contributed by atoms with Crippen molar-refractivity contribution in [2.75, 3.05) is 33.4 Å². The summed E-state index contributed by atoms with van der Waals surface area (Å²) < 4.78 is 12.9. The Hall–Kier alpha value is -1.77. The molecule has 1 atom stereocenters. The third kappa shape index (κ3) is 4.31. The Morgan fingerprint density at radius 3 is 3.00 bits per heavy atom. The number of hydrogen-bond donors (Lipinski definition) is 0. The van der Waals surface area contributed by atoms with Crippen LogP contribution in [0.3, 0.4) is 0 Å². The summed E-state index contributed by atoms with van der Waals surface area (Å²) in [5, 5.41) is 8.66. The van der Waals surface area contributed by atoms with Crippen molar-refractivity contribution in [3.05, 3.63) is 29.2 Å². The van der Waals surface area contributed by atoms with Crippen LogP contribution in [0.25, 0.3) is 0 Å². The Morgan fingerprint density at radius 2 is 2.23 bits per heavy atom. The van der Waals surface area contributed by atoms with Gasteiger partial charge in [-0.25, -0.2) is 0 Å². The van der Waals surface area contributed by atoms with Crippen LogP contribution in [-0.2, 0) is 30.9 Å². The smallest absolute Gasteiger partial charge is 0.240 e. The molecule has 2 aromatic heterocycles. The summed E-state index contributed by atoms with van der Waals surface area (Å²) >= 11 is 0. The lowest BCUT2D eigenvalue weighted by Gasteiger charge is -2.22. The van der Waals surface area contributed by atoms with Gasteiger partial charge >= 0.3 is 0 Å². The van der Waals surface area contributed by atoms with Crippen LogP contribution in [0.5, 0.6) is 0 Å². The number of rotatable bonds is 6. The first-order valence-electron chi connectivity index (χ1n) is 9.49. The zero-order valence-electron chi connectivity index (χ0n) is 15.7. The van der Waals surface area contributed by atoms with Gasteiger partial charge in [-0.1, -0.05) is 5.16 Å². The summed E-state index contributed by atoms with van der Waals surface area (Å²) in [5.74, 6) is 2.01. The Morgan fingerprint density at radius 1 is 1.31 bits per heavy atom. The van der Waals surface area contributed by atoms with Crippen LogP contribution in [-0.4, -0.2) is 63.1 Å². The van der Waals surface area contributed by atoms with E-state index in [-0.39, 0.29) is 0 Å². The van der Waals surface area contributed by atoms with E-state index in [4.69, 9.17) is 14.4 Å². The fourth-order valence-corrected chi connectivity index (χ4v) is 3.88. The maximum Gasteiger partial charge on any atom is 0.240 e. The minimum Gasteiger partial charge on any atom is -0.381 e. The van der Waals surface area contributed by atoms with Gasteiger partial charge in [-0.05, 0) is 38.8 Å². The van der Waals surface area contributed by atoms with E-state index >= 15 is 0 Å². The van der Waals surface area contributed by atoms with Gasteiger partial charge in [0.25, 0.3) is 0 Å². The van der Waals surface area contributed by atoms with Crippen molar-refractivity contribution in [3.63, 3.8) is 0 Å². The van der Waals surface area contributed by atoms with E-state index in [1.54, 1.807) is 0 Å². The van der Waals surface area contributed by atoms with Gasteiger partial charge < -0.3 is 9.26 Å². The second-order valence-corrected chi connectivity index (χ2v) is 7.58. The number of ether oxygens (including phenoxy) is 1. The Labute approximate surface area is 154 Å². The van der Waals surface area contributed by atoms with Crippen LogP contribution in [0.2, 0.25) is 0 Å². The SMILES string of the molecule is Cc1noc(CN(C)Cc2cc3n(n2)CCCN(CC2CCOC2)C3)n1. The number of fused-ring (bicyclic) bond motifs is 1. The highest BCUT2D eigenvalue weighted by molar-refractivity contribution is 5.11. The molecular formula is C18H28N6O2. The van der Waals surface area contributed by atoms with Crippen molar-refractivity contribution < 1.29 is 9.26 Å². The first-order chi connectivity index (χ1) is 12.7. The van der Waals surface area contributed by atoms with Crippen molar-refractivity contribution in [3.8, 4) is 0 Å². The van der Waals surface area contributed by atoms with Gasteiger partial charge in [0.15, 0.2) is 5.82 Å². The van der Waals surface area contributed by atoms with E-state index in [1.807, 2.05) is 6.92 Å². The lowest BCUT2D eigenvalue weighted by atomic mass is 10.1. The molecular weight excluding hydrogens is 332 g/mol. The first kappa shape index (κ1) is 17.6. The molecule has 26 heavy (non-hydrogen) atoms. The van der Waals surface area contributed by atoms with Crippen LogP contribution < -0.4 is 0 Å².